The number of ether oxygens (including phenoxy) is 1. The molecule has 4 N–H and O–H groups in total. The van der Waals surface area contributed by atoms with Crippen LogP contribution in [0.2, 0.25) is 0 Å². The van der Waals surface area contributed by atoms with Crippen molar-refractivity contribution in [1.29, 1.82) is 0 Å². The third-order valence-corrected chi connectivity index (χ3v) is 8.00. The van der Waals surface area contributed by atoms with Crippen LogP contribution in [0, 0.1) is 5.82 Å². The molecule has 1 aliphatic rings. The minimum absolute atomic E-state index is 0.0721. The van der Waals surface area contributed by atoms with Gasteiger partial charge in [0.15, 0.2) is 0 Å². The van der Waals surface area contributed by atoms with Gasteiger partial charge in [0.1, 0.15) is 11.4 Å². The van der Waals surface area contributed by atoms with Gasteiger partial charge in [0, 0.05) is 17.7 Å². The maximum atomic E-state index is 14.2. The summed E-state index contributed by atoms with van der Waals surface area (Å²) < 4.78 is 18.8. The number of hydrogen-bond donors (Lipinski definition) is 3. The number of esters is 1. The van der Waals surface area contributed by atoms with Gasteiger partial charge in [0.2, 0.25) is 5.91 Å². The standard InChI is InChI=1S/C34H39FN2O5/c1-22(2)37-32(25-12-8-5-9-13-25)30(23-10-6-4-7-11-23)31(24-14-16-26(35)17-15-24)34(37,33(36)41)19-18-27(38)20-28(39)21-29(40)42-3/h4-17,22,27-28,31,38-39H,18-21H2,1-3H3,(H2,36,41)/t27-,28-,31?,34?/m1/s1. The minimum Gasteiger partial charge on any atom is -0.469 e. The van der Waals surface area contributed by atoms with Crippen LogP contribution < -0.4 is 5.73 Å². The normalized spacial score (nSPS) is 20.1. The van der Waals surface area contributed by atoms with Gasteiger partial charge in [-0.1, -0.05) is 72.8 Å². The van der Waals surface area contributed by atoms with Crippen LogP contribution in [0.5, 0.6) is 0 Å². The average Bonchev–Trinajstić information content (AvgIpc) is 3.30. The van der Waals surface area contributed by atoms with Crippen LogP contribution in [0.1, 0.15) is 62.1 Å². The second-order valence-electron chi connectivity index (χ2n) is 11.1. The number of hydrogen-bond acceptors (Lipinski definition) is 6. The number of amides is 1. The number of primary amides is 1. The summed E-state index contributed by atoms with van der Waals surface area (Å²) in [5, 5.41) is 21.4. The van der Waals surface area contributed by atoms with E-state index < -0.39 is 41.4 Å². The van der Waals surface area contributed by atoms with Gasteiger partial charge in [-0.25, -0.2) is 4.39 Å². The molecule has 0 bridgehead atoms. The van der Waals surface area contributed by atoms with Gasteiger partial charge >= 0.3 is 5.97 Å². The fourth-order valence-electron chi connectivity index (χ4n) is 6.30. The smallest absolute Gasteiger partial charge is 0.308 e. The Kier molecular flexibility index (Phi) is 9.81. The molecule has 4 atom stereocenters. The Morgan fingerprint density at radius 2 is 1.50 bits per heavy atom. The van der Waals surface area contributed by atoms with E-state index in [-0.39, 0.29) is 31.7 Å². The highest BCUT2D eigenvalue weighted by Crippen LogP contribution is 2.57. The molecule has 0 saturated carbocycles. The molecule has 2 unspecified atom stereocenters. The number of halogens is 1. The number of aliphatic hydroxyl groups is 2. The van der Waals surface area contributed by atoms with E-state index in [4.69, 9.17) is 5.73 Å². The molecule has 3 aromatic carbocycles. The topological polar surface area (TPSA) is 113 Å². The predicted molar refractivity (Wildman–Crippen MR) is 160 cm³/mol. The first kappa shape index (κ1) is 30.9. The molecular weight excluding hydrogens is 535 g/mol. The number of benzene rings is 3. The van der Waals surface area contributed by atoms with Crippen molar-refractivity contribution in [2.24, 2.45) is 5.73 Å². The van der Waals surface area contributed by atoms with Crippen molar-refractivity contribution < 1.29 is 28.9 Å². The van der Waals surface area contributed by atoms with E-state index >= 15 is 0 Å². The fraction of sp³-hybridized carbons (Fsp3) is 0.353. The summed E-state index contributed by atoms with van der Waals surface area (Å²) in [6.07, 6.45) is -2.19. The van der Waals surface area contributed by atoms with E-state index in [9.17, 15) is 24.2 Å². The molecular formula is C34H39FN2O5. The molecule has 1 heterocycles. The monoisotopic (exact) mass is 574 g/mol. The number of carbonyl (C=O) groups excluding carboxylic acids is 2. The molecule has 4 rings (SSSR count). The molecule has 8 heteroatoms. The number of nitrogens with zero attached hydrogens (tertiary/aromatic N) is 1. The van der Waals surface area contributed by atoms with Gasteiger partial charge in [-0.2, -0.15) is 0 Å². The summed E-state index contributed by atoms with van der Waals surface area (Å²) in [7, 11) is 1.24. The summed E-state index contributed by atoms with van der Waals surface area (Å²) in [5.41, 5.74) is 9.27. The Labute approximate surface area is 246 Å². The lowest BCUT2D eigenvalue weighted by atomic mass is 9.71. The molecule has 0 spiro atoms. The maximum Gasteiger partial charge on any atom is 0.308 e. The van der Waals surface area contributed by atoms with Crippen LogP contribution in [-0.2, 0) is 14.3 Å². The van der Waals surface area contributed by atoms with Crippen molar-refractivity contribution in [3.63, 3.8) is 0 Å². The van der Waals surface area contributed by atoms with Gasteiger partial charge in [-0.05, 0) is 67.5 Å². The summed E-state index contributed by atoms with van der Waals surface area (Å²) in [6, 6.07) is 25.5. The second-order valence-corrected chi connectivity index (χ2v) is 11.1. The number of nitrogens with two attached hydrogens (primary N) is 1. The SMILES string of the molecule is COC(=O)C[C@H](O)C[C@H](O)CCC1(C(N)=O)C(c2ccc(F)cc2)C(c2ccccc2)=C(c2ccccc2)N1C(C)C. The van der Waals surface area contributed by atoms with Crippen molar-refractivity contribution in [1.82, 2.24) is 4.90 Å². The lowest BCUT2D eigenvalue weighted by molar-refractivity contribution is -0.143. The zero-order chi connectivity index (χ0) is 30.4. The third kappa shape index (κ3) is 6.25. The van der Waals surface area contributed by atoms with Gasteiger partial charge < -0.3 is 25.6 Å². The second kappa shape index (κ2) is 13.3. The molecule has 0 saturated heterocycles. The predicted octanol–water partition coefficient (Wildman–Crippen LogP) is 4.88. The van der Waals surface area contributed by atoms with E-state index in [0.717, 1.165) is 22.4 Å². The van der Waals surface area contributed by atoms with Gasteiger partial charge in [-0.3, -0.25) is 9.59 Å². The van der Waals surface area contributed by atoms with Crippen LogP contribution in [0.25, 0.3) is 11.3 Å². The fourth-order valence-corrected chi connectivity index (χ4v) is 6.30. The van der Waals surface area contributed by atoms with Crippen LogP contribution in [0.3, 0.4) is 0 Å². The molecule has 0 fully saturated rings. The largest absolute Gasteiger partial charge is 0.469 e. The van der Waals surface area contributed by atoms with Gasteiger partial charge in [0.05, 0.1) is 25.7 Å². The van der Waals surface area contributed by atoms with Crippen molar-refractivity contribution in [3.8, 4) is 0 Å². The Morgan fingerprint density at radius 3 is 2.02 bits per heavy atom. The number of carbonyl (C=O) groups is 2. The minimum atomic E-state index is -1.35. The summed E-state index contributed by atoms with van der Waals surface area (Å²) in [5.74, 6) is -2.16. The molecule has 0 aliphatic carbocycles. The first-order valence-corrected chi connectivity index (χ1v) is 14.2. The highest BCUT2D eigenvalue weighted by atomic mass is 19.1. The van der Waals surface area contributed by atoms with E-state index in [1.54, 1.807) is 12.1 Å². The molecule has 1 amide bonds. The van der Waals surface area contributed by atoms with Crippen LogP contribution in [-0.4, -0.2) is 57.9 Å². The van der Waals surface area contributed by atoms with Crippen LogP contribution in [0.4, 0.5) is 4.39 Å². The maximum absolute atomic E-state index is 14.2. The Balaban J connectivity index is 1.91. The molecule has 1 aliphatic heterocycles. The molecule has 7 nitrogen and oxygen atoms in total. The van der Waals surface area contributed by atoms with E-state index in [1.165, 1.54) is 19.2 Å². The molecule has 42 heavy (non-hydrogen) atoms. The van der Waals surface area contributed by atoms with Crippen LogP contribution >= 0.6 is 0 Å². The Hall–Kier alpha value is -4.01. The number of methoxy groups -OCH3 is 1. The highest BCUT2D eigenvalue weighted by Gasteiger charge is 2.58. The number of aliphatic hydroxyl groups excluding tert-OH is 2. The third-order valence-electron chi connectivity index (χ3n) is 8.00. The van der Waals surface area contributed by atoms with Gasteiger partial charge in [-0.15, -0.1) is 0 Å². The summed E-state index contributed by atoms with van der Waals surface area (Å²) >= 11 is 0. The van der Waals surface area contributed by atoms with E-state index in [0.29, 0.717) is 5.56 Å². The van der Waals surface area contributed by atoms with Gasteiger partial charge in [0.25, 0.3) is 0 Å². The van der Waals surface area contributed by atoms with Crippen molar-refractivity contribution >= 4 is 23.1 Å². The van der Waals surface area contributed by atoms with E-state index in [1.807, 2.05) is 74.5 Å². The Bertz CT molecular complexity index is 1390. The molecule has 3 aromatic rings. The average molecular weight is 575 g/mol. The van der Waals surface area contributed by atoms with Crippen molar-refractivity contribution in [3.05, 3.63) is 107 Å². The molecule has 0 aromatic heterocycles. The molecule has 0 radical (unpaired) electrons. The quantitative estimate of drug-likeness (QED) is 0.266. The molecule has 222 valence electrons. The summed E-state index contributed by atoms with van der Waals surface area (Å²) in [4.78, 5) is 27.6. The number of rotatable bonds is 12. The summed E-state index contributed by atoms with van der Waals surface area (Å²) in [6.45, 7) is 3.99. The first-order valence-electron chi connectivity index (χ1n) is 14.2. The van der Waals surface area contributed by atoms with Crippen molar-refractivity contribution in [2.75, 3.05) is 7.11 Å². The zero-order valence-corrected chi connectivity index (χ0v) is 24.2. The first-order chi connectivity index (χ1) is 20.1. The Morgan fingerprint density at radius 1 is 0.929 bits per heavy atom. The lowest BCUT2D eigenvalue weighted by Crippen LogP contribution is -2.59. The lowest BCUT2D eigenvalue weighted by Gasteiger charge is -2.46. The van der Waals surface area contributed by atoms with Crippen molar-refractivity contribution in [2.45, 2.75) is 69.2 Å². The zero-order valence-electron chi connectivity index (χ0n) is 24.2. The van der Waals surface area contributed by atoms with E-state index in [2.05, 4.69) is 9.64 Å². The highest BCUT2D eigenvalue weighted by molar-refractivity contribution is 6.04. The van der Waals surface area contributed by atoms with Crippen LogP contribution in [0.15, 0.2) is 84.9 Å².